The number of rotatable bonds is 5. The quantitative estimate of drug-likeness (QED) is 0.721. The van der Waals surface area contributed by atoms with Crippen LogP contribution in [-0.4, -0.2) is 44.8 Å². The van der Waals surface area contributed by atoms with Crippen LogP contribution in [0, 0.1) is 0 Å². The molecule has 0 bridgehead atoms. The SMILES string of the molecule is O=S(=O)(c1ccc(CCCl)cc1)N1CCN(c2cccc(Cl)c2)CC1. The monoisotopic (exact) mass is 398 g/mol. The third-order valence-electron chi connectivity index (χ3n) is 4.36. The normalized spacial score (nSPS) is 16.2. The molecule has 0 amide bonds. The van der Waals surface area contributed by atoms with Gasteiger partial charge in [0.15, 0.2) is 0 Å². The number of sulfonamides is 1. The lowest BCUT2D eigenvalue weighted by atomic mass is 10.2. The molecule has 2 aromatic carbocycles. The van der Waals surface area contributed by atoms with Crippen LogP contribution >= 0.6 is 23.2 Å². The fraction of sp³-hybridized carbons (Fsp3) is 0.333. The van der Waals surface area contributed by atoms with Crippen molar-refractivity contribution in [2.45, 2.75) is 11.3 Å². The Labute approximate surface area is 159 Å². The summed E-state index contributed by atoms with van der Waals surface area (Å²) in [7, 11) is -3.46. The van der Waals surface area contributed by atoms with Crippen LogP contribution < -0.4 is 4.90 Å². The maximum atomic E-state index is 12.8. The van der Waals surface area contributed by atoms with E-state index in [0.29, 0.717) is 42.0 Å². The highest BCUT2D eigenvalue weighted by Gasteiger charge is 2.28. The summed E-state index contributed by atoms with van der Waals surface area (Å²) in [6, 6.07) is 14.6. The number of nitrogens with zero attached hydrogens (tertiary/aromatic N) is 2. The van der Waals surface area contributed by atoms with E-state index in [-0.39, 0.29) is 0 Å². The van der Waals surface area contributed by atoms with Crippen molar-refractivity contribution in [1.29, 1.82) is 0 Å². The predicted octanol–water partition coefficient (Wildman–Crippen LogP) is 3.63. The topological polar surface area (TPSA) is 40.6 Å². The Balaban J connectivity index is 1.68. The Hall–Kier alpha value is -1.27. The molecular formula is C18H20Cl2N2O2S. The van der Waals surface area contributed by atoms with E-state index in [1.54, 1.807) is 16.4 Å². The van der Waals surface area contributed by atoms with Crippen molar-refractivity contribution in [3.8, 4) is 0 Å². The van der Waals surface area contributed by atoms with E-state index in [2.05, 4.69) is 4.90 Å². The zero-order valence-corrected chi connectivity index (χ0v) is 16.1. The van der Waals surface area contributed by atoms with Crippen molar-refractivity contribution in [1.82, 2.24) is 4.31 Å². The molecule has 0 radical (unpaired) electrons. The van der Waals surface area contributed by atoms with Crippen LogP contribution in [0.15, 0.2) is 53.4 Å². The van der Waals surface area contributed by atoms with Gasteiger partial charge in [0.2, 0.25) is 10.0 Å². The van der Waals surface area contributed by atoms with Crippen LogP contribution in [0.5, 0.6) is 0 Å². The van der Waals surface area contributed by atoms with E-state index in [0.717, 1.165) is 17.7 Å². The third kappa shape index (κ3) is 4.29. The second-order valence-corrected chi connectivity index (χ2v) is 8.71. The minimum Gasteiger partial charge on any atom is -0.369 e. The maximum Gasteiger partial charge on any atom is 0.243 e. The summed E-state index contributed by atoms with van der Waals surface area (Å²) in [5.41, 5.74) is 2.06. The molecule has 25 heavy (non-hydrogen) atoms. The van der Waals surface area contributed by atoms with Crippen molar-refractivity contribution in [2.24, 2.45) is 0 Å². The lowest BCUT2D eigenvalue weighted by Gasteiger charge is -2.35. The van der Waals surface area contributed by atoms with Gasteiger partial charge in [-0.25, -0.2) is 8.42 Å². The van der Waals surface area contributed by atoms with Gasteiger partial charge in [0.05, 0.1) is 4.90 Å². The van der Waals surface area contributed by atoms with Gasteiger partial charge < -0.3 is 4.90 Å². The molecule has 2 aromatic rings. The lowest BCUT2D eigenvalue weighted by molar-refractivity contribution is 0.385. The van der Waals surface area contributed by atoms with Gasteiger partial charge in [0, 0.05) is 42.8 Å². The molecule has 0 saturated carbocycles. The minimum atomic E-state index is -3.46. The fourth-order valence-electron chi connectivity index (χ4n) is 2.95. The molecule has 1 saturated heterocycles. The van der Waals surface area contributed by atoms with E-state index >= 15 is 0 Å². The van der Waals surface area contributed by atoms with E-state index in [1.807, 2.05) is 36.4 Å². The van der Waals surface area contributed by atoms with Crippen LogP contribution in [0.3, 0.4) is 0 Å². The summed E-state index contributed by atoms with van der Waals surface area (Å²) in [5.74, 6) is 0.525. The number of aryl methyl sites for hydroxylation is 1. The van der Waals surface area contributed by atoms with E-state index in [9.17, 15) is 8.42 Å². The summed E-state index contributed by atoms with van der Waals surface area (Å²) in [4.78, 5) is 2.49. The first kappa shape index (κ1) is 18.5. The summed E-state index contributed by atoms with van der Waals surface area (Å²) < 4.78 is 27.2. The zero-order valence-electron chi connectivity index (χ0n) is 13.7. The molecular weight excluding hydrogens is 379 g/mol. The first-order chi connectivity index (χ1) is 12.0. The molecule has 4 nitrogen and oxygen atoms in total. The number of alkyl halides is 1. The van der Waals surface area contributed by atoms with Crippen molar-refractivity contribution >= 4 is 38.9 Å². The predicted molar refractivity (Wildman–Crippen MR) is 103 cm³/mol. The van der Waals surface area contributed by atoms with Gasteiger partial charge in [-0.1, -0.05) is 29.8 Å². The second kappa shape index (κ2) is 7.96. The van der Waals surface area contributed by atoms with E-state index in [4.69, 9.17) is 23.2 Å². The first-order valence-electron chi connectivity index (χ1n) is 8.16. The number of anilines is 1. The van der Waals surface area contributed by atoms with Crippen molar-refractivity contribution in [3.05, 3.63) is 59.1 Å². The van der Waals surface area contributed by atoms with Crippen LogP contribution in [0.4, 0.5) is 5.69 Å². The van der Waals surface area contributed by atoms with Gasteiger partial charge >= 0.3 is 0 Å². The number of hydrogen-bond acceptors (Lipinski definition) is 3. The molecule has 0 atom stereocenters. The van der Waals surface area contributed by atoms with Crippen LogP contribution in [-0.2, 0) is 16.4 Å². The Morgan fingerprint density at radius 3 is 2.24 bits per heavy atom. The van der Waals surface area contributed by atoms with Crippen molar-refractivity contribution in [3.63, 3.8) is 0 Å². The highest BCUT2D eigenvalue weighted by atomic mass is 35.5. The average Bonchev–Trinajstić information content (AvgIpc) is 2.63. The number of benzene rings is 2. The third-order valence-corrected chi connectivity index (χ3v) is 6.69. The molecule has 1 heterocycles. The van der Waals surface area contributed by atoms with Crippen molar-refractivity contribution in [2.75, 3.05) is 37.0 Å². The highest BCUT2D eigenvalue weighted by molar-refractivity contribution is 7.89. The Kier molecular flexibility index (Phi) is 5.89. The maximum absolute atomic E-state index is 12.8. The Morgan fingerprint density at radius 2 is 1.64 bits per heavy atom. The summed E-state index contributed by atoms with van der Waals surface area (Å²) >= 11 is 11.8. The first-order valence-corrected chi connectivity index (χ1v) is 10.5. The summed E-state index contributed by atoms with van der Waals surface area (Å²) in [5, 5.41) is 0.685. The summed E-state index contributed by atoms with van der Waals surface area (Å²) in [6.07, 6.45) is 0.736. The number of halogens is 2. The molecule has 0 N–H and O–H groups in total. The average molecular weight is 399 g/mol. The molecule has 0 spiro atoms. The van der Waals surface area contributed by atoms with Gasteiger partial charge in [-0.2, -0.15) is 4.31 Å². The molecule has 134 valence electrons. The standard InChI is InChI=1S/C18H20Cl2N2O2S/c19-9-8-15-4-6-18(7-5-15)25(23,24)22-12-10-21(11-13-22)17-3-1-2-16(20)14-17/h1-7,14H,8-13H2. The molecule has 1 aliphatic rings. The highest BCUT2D eigenvalue weighted by Crippen LogP contribution is 2.23. The minimum absolute atomic E-state index is 0.335. The molecule has 0 unspecified atom stereocenters. The second-order valence-electron chi connectivity index (χ2n) is 5.95. The van der Waals surface area contributed by atoms with Gasteiger partial charge in [-0.05, 0) is 42.3 Å². The van der Waals surface area contributed by atoms with Gasteiger partial charge in [0.1, 0.15) is 0 Å². The molecule has 1 fully saturated rings. The zero-order chi connectivity index (χ0) is 17.9. The van der Waals surface area contributed by atoms with E-state index < -0.39 is 10.0 Å². The van der Waals surface area contributed by atoms with Crippen LogP contribution in [0.2, 0.25) is 5.02 Å². The molecule has 7 heteroatoms. The fourth-order valence-corrected chi connectivity index (χ4v) is 4.77. The molecule has 0 aromatic heterocycles. The molecule has 3 rings (SSSR count). The lowest BCUT2D eigenvalue weighted by Crippen LogP contribution is -2.48. The number of hydrogen-bond donors (Lipinski definition) is 0. The van der Waals surface area contributed by atoms with Gasteiger partial charge in [0.25, 0.3) is 0 Å². The largest absolute Gasteiger partial charge is 0.369 e. The molecule has 0 aliphatic carbocycles. The Bertz CT molecular complexity index is 817. The number of piperazine rings is 1. The Morgan fingerprint density at radius 1 is 0.960 bits per heavy atom. The molecule has 1 aliphatic heterocycles. The van der Waals surface area contributed by atoms with Crippen LogP contribution in [0.25, 0.3) is 0 Å². The van der Waals surface area contributed by atoms with Crippen LogP contribution in [0.1, 0.15) is 5.56 Å². The summed E-state index contributed by atoms with van der Waals surface area (Å²) in [6.45, 7) is 2.20. The van der Waals surface area contributed by atoms with E-state index in [1.165, 1.54) is 0 Å². The van der Waals surface area contributed by atoms with Crippen molar-refractivity contribution < 1.29 is 8.42 Å². The van der Waals surface area contributed by atoms with Gasteiger partial charge in [-0.15, -0.1) is 11.6 Å². The van der Waals surface area contributed by atoms with Gasteiger partial charge in [-0.3, -0.25) is 0 Å². The smallest absolute Gasteiger partial charge is 0.243 e.